The number of aryl methyl sites for hydroxylation is 3. The van der Waals surface area contributed by atoms with Gasteiger partial charge in [-0.25, -0.2) is 29.6 Å². The van der Waals surface area contributed by atoms with Crippen molar-refractivity contribution in [3.63, 3.8) is 0 Å². The van der Waals surface area contributed by atoms with Gasteiger partial charge in [0, 0.05) is 17.8 Å². The third-order valence-corrected chi connectivity index (χ3v) is 5.32. The number of anilines is 4. The van der Waals surface area contributed by atoms with E-state index in [9.17, 15) is 0 Å². The maximum absolute atomic E-state index is 5.80. The normalized spacial score (nSPS) is 13.4. The first-order valence-electron chi connectivity index (χ1n) is 10.9. The molecule has 0 aliphatic carbocycles. The Morgan fingerprint density at radius 1 is 0.941 bits per heavy atom. The molecule has 0 bridgehead atoms. The fourth-order valence-electron chi connectivity index (χ4n) is 3.81. The van der Waals surface area contributed by atoms with Crippen LogP contribution in [0.2, 0.25) is 0 Å². The van der Waals surface area contributed by atoms with Crippen LogP contribution in [0.3, 0.4) is 0 Å². The van der Waals surface area contributed by atoms with Crippen molar-refractivity contribution in [1.29, 1.82) is 0 Å². The number of ether oxygens (including phenoxy) is 2. The van der Waals surface area contributed by atoms with E-state index in [2.05, 4.69) is 40.7 Å². The van der Waals surface area contributed by atoms with Crippen molar-refractivity contribution in [2.75, 3.05) is 31.0 Å². The monoisotopic (exact) mass is 459 g/mol. The van der Waals surface area contributed by atoms with Gasteiger partial charge in [0.05, 0.1) is 31.6 Å². The highest BCUT2D eigenvalue weighted by atomic mass is 16.5. The van der Waals surface area contributed by atoms with Crippen LogP contribution in [0.4, 0.5) is 23.1 Å². The SMILES string of the molecule is COc1c(Nc2cc(Nc3cc(C)nc(C)n3)ncn2)cccc1-c1nc(C)nn1C1COC1. The number of benzene rings is 1. The van der Waals surface area contributed by atoms with Gasteiger partial charge < -0.3 is 20.1 Å². The summed E-state index contributed by atoms with van der Waals surface area (Å²) in [4.78, 5) is 22.0. The minimum absolute atomic E-state index is 0.169. The molecule has 4 heterocycles. The molecule has 0 saturated carbocycles. The van der Waals surface area contributed by atoms with Crippen molar-refractivity contribution < 1.29 is 9.47 Å². The van der Waals surface area contributed by atoms with Crippen molar-refractivity contribution in [1.82, 2.24) is 34.7 Å². The lowest BCUT2D eigenvalue weighted by atomic mass is 10.1. The zero-order valence-electron chi connectivity index (χ0n) is 19.4. The van der Waals surface area contributed by atoms with E-state index >= 15 is 0 Å². The highest BCUT2D eigenvalue weighted by molar-refractivity contribution is 5.77. The van der Waals surface area contributed by atoms with Gasteiger partial charge in [0.15, 0.2) is 11.6 Å². The Labute approximate surface area is 196 Å². The topological polar surface area (TPSA) is 125 Å². The zero-order valence-corrected chi connectivity index (χ0v) is 19.4. The number of hydrogen-bond donors (Lipinski definition) is 2. The molecule has 1 aliphatic heterocycles. The number of rotatable bonds is 7. The smallest absolute Gasteiger partial charge is 0.162 e. The first-order chi connectivity index (χ1) is 16.5. The molecule has 4 aromatic rings. The molecule has 0 amide bonds. The molecule has 34 heavy (non-hydrogen) atoms. The molecule has 0 radical (unpaired) electrons. The number of nitrogens with one attached hydrogen (secondary N) is 2. The molecule has 2 N–H and O–H groups in total. The van der Waals surface area contributed by atoms with E-state index in [1.165, 1.54) is 6.33 Å². The van der Waals surface area contributed by atoms with Crippen LogP contribution in [0.25, 0.3) is 11.4 Å². The third-order valence-electron chi connectivity index (χ3n) is 5.32. The predicted octanol–water partition coefficient (Wildman–Crippen LogP) is 3.52. The van der Waals surface area contributed by atoms with Crippen molar-refractivity contribution in [3.8, 4) is 17.1 Å². The van der Waals surface area contributed by atoms with Gasteiger partial charge in [-0.3, -0.25) is 0 Å². The highest BCUT2D eigenvalue weighted by Crippen LogP contribution is 2.38. The van der Waals surface area contributed by atoms with Gasteiger partial charge in [0.25, 0.3) is 0 Å². The highest BCUT2D eigenvalue weighted by Gasteiger charge is 2.27. The number of para-hydroxylation sites is 1. The molecule has 1 saturated heterocycles. The number of nitrogens with zero attached hydrogens (tertiary/aromatic N) is 7. The molecule has 0 unspecified atom stereocenters. The maximum atomic E-state index is 5.80. The first kappa shape index (κ1) is 21.7. The van der Waals surface area contributed by atoms with Gasteiger partial charge >= 0.3 is 0 Å². The summed E-state index contributed by atoms with van der Waals surface area (Å²) in [6.07, 6.45) is 1.48. The van der Waals surface area contributed by atoms with Gasteiger partial charge in [-0.2, -0.15) is 5.10 Å². The van der Waals surface area contributed by atoms with Gasteiger partial charge in [0.2, 0.25) is 0 Å². The predicted molar refractivity (Wildman–Crippen MR) is 127 cm³/mol. The third kappa shape index (κ3) is 4.37. The molecule has 0 spiro atoms. The van der Waals surface area contributed by atoms with E-state index in [1.54, 1.807) is 13.2 Å². The summed E-state index contributed by atoms with van der Waals surface area (Å²) in [5.74, 6) is 4.64. The van der Waals surface area contributed by atoms with Crippen LogP contribution in [0.1, 0.15) is 23.4 Å². The Hall–Kier alpha value is -4.12. The largest absolute Gasteiger partial charge is 0.494 e. The second-order valence-corrected chi connectivity index (χ2v) is 7.99. The van der Waals surface area contributed by atoms with Gasteiger partial charge in [0.1, 0.15) is 41.5 Å². The lowest BCUT2D eigenvalue weighted by Crippen LogP contribution is -2.32. The number of methoxy groups -OCH3 is 1. The second-order valence-electron chi connectivity index (χ2n) is 7.99. The van der Waals surface area contributed by atoms with E-state index in [0.717, 1.165) is 22.8 Å². The standard InChI is InChI=1S/C23H25N9O2/c1-13-8-21(27-14(2)26-13)30-20-9-19(24-12-25-20)29-18-7-5-6-17(22(18)33-4)23-28-15(3)31-32(23)16-10-34-11-16/h5-9,12,16H,10-11H2,1-4H3,(H2,24,25,26,27,29,30). The molecule has 174 valence electrons. The van der Waals surface area contributed by atoms with Crippen molar-refractivity contribution in [2.45, 2.75) is 26.8 Å². The van der Waals surface area contributed by atoms with Crippen LogP contribution in [0.15, 0.2) is 36.7 Å². The van der Waals surface area contributed by atoms with E-state index in [0.29, 0.717) is 48.1 Å². The Morgan fingerprint density at radius 3 is 2.44 bits per heavy atom. The molecule has 0 atom stereocenters. The summed E-state index contributed by atoms with van der Waals surface area (Å²) in [7, 11) is 1.64. The van der Waals surface area contributed by atoms with E-state index in [-0.39, 0.29) is 6.04 Å². The average Bonchev–Trinajstić information content (AvgIpc) is 3.12. The lowest BCUT2D eigenvalue weighted by Gasteiger charge is -2.27. The van der Waals surface area contributed by atoms with Gasteiger partial charge in [-0.15, -0.1) is 0 Å². The summed E-state index contributed by atoms with van der Waals surface area (Å²) in [5, 5.41) is 11.1. The molecule has 1 aliphatic rings. The Kier molecular flexibility index (Phi) is 5.76. The molecule has 3 aromatic heterocycles. The fourth-order valence-corrected chi connectivity index (χ4v) is 3.81. The van der Waals surface area contributed by atoms with Crippen LogP contribution in [-0.4, -0.2) is 55.0 Å². The van der Waals surface area contributed by atoms with E-state index in [1.807, 2.05) is 49.7 Å². The first-order valence-corrected chi connectivity index (χ1v) is 10.9. The minimum atomic E-state index is 0.169. The van der Waals surface area contributed by atoms with Crippen molar-refractivity contribution >= 4 is 23.1 Å². The Morgan fingerprint density at radius 2 is 1.74 bits per heavy atom. The molecular formula is C23H25N9O2. The quantitative estimate of drug-likeness (QED) is 0.424. The summed E-state index contributed by atoms with van der Waals surface area (Å²) >= 11 is 0. The fraction of sp³-hybridized carbons (Fsp3) is 0.304. The summed E-state index contributed by atoms with van der Waals surface area (Å²) in [6, 6.07) is 9.67. The molecule has 1 aromatic carbocycles. The van der Waals surface area contributed by atoms with E-state index in [4.69, 9.17) is 9.47 Å². The van der Waals surface area contributed by atoms with Crippen LogP contribution < -0.4 is 15.4 Å². The summed E-state index contributed by atoms with van der Waals surface area (Å²) < 4.78 is 13.1. The van der Waals surface area contributed by atoms with Crippen LogP contribution >= 0.6 is 0 Å². The van der Waals surface area contributed by atoms with Crippen molar-refractivity contribution in [3.05, 3.63) is 54.0 Å². The summed E-state index contributed by atoms with van der Waals surface area (Å²) in [6.45, 7) is 6.90. The Balaban J connectivity index is 1.44. The van der Waals surface area contributed by atoms with Crippen LogP contribution in [0, 0.1) is 20.8 Å². The maximum Gasteiger partial charge on any atom is 0.162 e. The molecule has 1 fully saturated rings. The molecule has 11 heteroatoms. The van der Waals surface area contributed by atoms with E-state index < -0.39 is 0 Å². The van der Waals surface area contributed by atoms with Gasteiger partial charge in [-0.1, -0.05) is 6.07 Å². The lowest BCUT2D eigenvalue weighted by molar-refractivity contribution is -0.0280. The minimum Gasteiger partial charge on any atom is -0.494 e. The van der Waals surface area contributed by atoms with Crippen molar-refractivity contribution in [2.24, 2.45) is 0 Å². The molecule has 5 rings (SSSR count). The molecular weight excluding hydrogens is 434 g/mol. The second kappa shape index (κ2) is 9.02. The van der Waals surface area contributed by atoms with Crippen LogP contribution in [-0.2, 0) is 4.74 Å². The zero-order chi connectivity index (χ0) is 23.7. The summed E-state index contributed by atoms with van der Waals surface area (Å²) in [5.41, 5.74) is 2.45. The van der Waals surface area contributed by atoms with Gasteiger partial charge in [-0.05, 0) is 32.9 Å². The average molecular weight is 460 g/mol. The molecule has 11 nitrogen and oxygen atoms in total. The van der Waals surface area contributed by atoms with Crippen LogP contribution in [0.5, 0.6) is 5.75 Å². The number of hydrogen-bond acceptors (Lipinski definition) is 10. The number of aromatic nitrogens is 7. The Bertz CT molecular complexity index is 1310.